The summed E-state index contributed by atoms with van der Waals surface area (Å²) in [6, 6.07) is 0. The fraction of sp³-hybridized carbons (Fsp3) is 0.714. The molecule has 1 aromatic heterocycles. The Labute approximate surface area is 123 Å². The molecular formula is C14H20IN3. The molecule has 0 aromatic carbocycles. The van der Waals surface area contributed by atoms with Gasteiger partial charge in [-0.1, -0.05) is 19.3 Å². The second kappa shape index (κ2) is 5.31. The maximum Gasteiger partial charge on any atom is 0.225 e. The van der Waals surface area contributed by atoms with Crippen molar-refractivity contribution in [1.29, 1.82) is 0 Å². The summed E-state index contributed by atoms with van der Waals surface area (Å²) >= 11 is 2.25. The summed E-state index contributed by atoms with van der Waals surface area (Å²) in [6.07, 6.45) is 13.7. The van der Waals surface area contributed by atoms with Crippen molar-refractivity contribution in [3.05, 3.63) is 16.0 Å². The number of nitrogens with zero attached hydrogens (tertiary/aromatic N) is 3. The van der Waals surface area contributed by atoms with Gasteiger partial charge >= 0.3 is 0 Å². The van der Waals surface area contributed by atoms with Crippen LogP contribution in [0, 0.1) is 8.99 Å². The lowest BCUT2D eigenvalue weighted by Crippen LogP contribution is -2.41. The van der Waals surface area contributed by atoms with Crippen molar-refractivity contribution in [3.8, 4) is 0 Å². The highest BCUT2D eigenvalue weighted by molar-refractivity contribution is 14.1. The Balaban J connectivity index is 1.64. The molecule has 1 saturated carbocycles. The average molecular weight is 357 g/mol. The molecule has 1 aliphatic heterocycles. The van der Waals surface area contributed by atoms with E-state index in [1.54, 1.807) is 0 Å². The van der Waals surface area contributed by atoms with Gasteiger partial charge in [0.1, 0.15) is 0 Å². The minimum absolute atomic E-state index is 0.665. The first-order valence-electron chi connectivity index (χ1n) is 7.00. The topological polar surface area (TPSA) is 29.0 Å². The third-order valence-corrected chi connectivity index (χ3v) is 5.18. The number of halogens is 1. The molecule has 3 nitrogen and oxygen atoms in total. The standard InChI is InChI=1S/C14H20IN3/c15-12-10-16-13(17-11-12)18-8-6-14(7-9-18)4-2-1-3-5-14/h10-11H,1-9H2. The monoisotopic (exact) mass is 357 g/mol. The molecule has 98 valence electrons. The molecule has 1 aromatic rings. The van der Waals surface area contributed by atoms with Crippen molar-refractivity contribution < 1.29 is 0 Å². The molecule has 1 aliphatic carbocycles. The van der Waals surface area contributed by atoms with Crippen molar-refractivity contribution >= 4 is 28.5 Å². The fourth-order valence-electron chi connectivity index (χ4n) is 3.45. The van der Waals surface area contributed by atoms with Crippen LogP contribution in [0.2, 0.25) is 0 Å². The van der Waals surface area contributed by atoms with E-state index in [-0.39, 0.29) is 0 Å². The van der Waals surface area contributed by atoms with Gasteiger partial charge in [-0.2, -0.15) is 0 Å². The molecular weight excluding hydrogens is 337 g/mol. The lowest BCUT2D eigenvalue weighted by Gasteiger charge is -2.44. The predicted molar refractivity (Wildman–Crippen MR) is 81.7 cm³/mol. The Bertz CT molecular complexity index is 388. The Morgan fingerprint density at radius 2 is 1.56 bits per heavy atom. The number of piperidine rings is 1. The molecule has 0 N–H and O–H groups in total. The van der Waals surface area contributed by atoms with E-state index in [1.807, 2.05) is 12.4 Å². The number of rotatable bonds is 1. The van der Waals surface area contributed by atoms with Gasteiger partial charge < -0.3 is 4.90 Å². The van der Waals surface area contributed by atoms with Gasteiger partial charge in [0.2, 0.25) is 5.95 Å². The second-order valence-electron chi connectivity index (χ2n) is 5.75. The predicted octanol–water partition coefficient (Wildman–Crippen LogP) is 3.63. The maximum atomic E-state index is 4.44. The van der Waals surface area contributed by atoms with E-state index in [2.05, 4.69) is 37.5 Å². The van der Waals surface area contributed by atoms with Crippen molar-refractivity contribution in [2.45, 2.75) is 44.9 Å². The molecule has 0 radical (unpaired) electrons. The summed E-state index contributed by atoms with van der Waals surface area (Å²) in [7, 11) is 0. The third kappa shape index (κ3) is 2.63. The van der Waals surface area contributed by atoms with Crippen LogP contribution < -0.4 is 4.90 Å². The zero-order valence-electron chi connectivity index (χ0n) is 10.7. The molecule has 2 aliphatic rings. The maximum absolute atomic E-state index is 4.44. The molecule has 2 fully saturated rings. The zero-order chi connectivity index (χ0) is 12.4. The normalized spacial score (nSPS) is 23.3. The van der Waals surface area contributed by atoms with Crippen molar-refractivity contribution in [2.75, 3.05) is 18.0 Å². The summed E-state index contributed by atoms with van der Waals surface area (Å²) in [5.41, 5.74) is 0.665. The Kier molecular flexibility index (Phi) is 3.73. The molecule has 0 unspecified atom stereocenters. The molecule has 1 saturated heterocycles. The zero-order valence-corrected chi connectivity index (χ0v) is 12.9. The fourth-order valence-corrected chi connectivity index (χ4v) is 3.73. The van der Waals surface area contributed by atoms with Crippen molar-refractivity contribution in [1.82, 2.24) is 9.97 Å². The minimum Gasteiger partial charge on any atom is -0.341 e. The second-order valence-corrected chi connectivity index (χ2v) is 6.99. The third-order valence-electron chi connectivity index (χ3n) is 4.63. The lowest BCUT2D eigenvalue weighted by atomic mass is 9.68. The van der Waals surface area contributed by atoms with Gasteiger partial charge in [-0.05, 0) is 53.7 Å². The van der Waals surface area contributed by atoms with Crippen LogP contribution in [0.5, 0.6) is 0 Å². The first kappa shape index (κ1) is 12.6. The molecule has 0 bridgehead atoms. The highest BCUT2D eigenvalue weighted by Gasteiger charge is 2.35. The van der Waals surface area contributed by atoms with Gasteiger partial charge in [-0.25, -0.2) is 9.97 Å². The number of anilines is 1. The van der Waals surface area contributed by atoms with Crippen molar-refractivity contribution in [2.24, 2.45) is 5.41 Å². The highest BCUT2D eigenvalue weighted by Crippen LogP contribution is 2.44. The number of aromatic nitrogens is 2. The van der Waals surface area contributed by atoms with Crippen LogP contribution in [0.1, 0.15) is 44.9 Å². The minimum atomic E-state index is 0.665. The van der Waals surface area contributed by atoms with Gasteiger partial charge in [0.15, 0.2) is 0 Å². The van der Waals surface area contributed by atoms with E-state index in [4.69, 9.17) is 0 Å². The highest BCUT2D eigenvalue weighted by atomic mass is 127. The smallest absolute Gasteiger partial charge is 0.225 e. The van der Waals surface area contributed by atoms with E-state index >= 15 is 0 Å². The van der Waals surface area contributed by atoms with E-state index < -0.39 is 0 Å². The molecule has 18 heavy (non-hydrogen) atoms. The molecule has 4 heteroatoms. The lowest BCUT2D eigenvalue weighted by molar-refractivity contribution is 0.144. The Morgan fingerprint density at radius 3 is 2.17 bits per heavy atom. The summed E-state index contributed by atoms with van der Waals surface area (Å²) in [4.78, 5) is 11.2. The van der Waals surface area contributed by atoms with Gasteiger partial charge in [0.05, 0.1) is 0 Å². The quantitative estimate of drug-likeness (QED) is 0.719. The van der Waals surface area contributed by atoms with Gasteiger partial charge in [-0.3, -0.25) is 0 Å². The Morgan fingerprint density at radius 1 is 0.944 bits per heavy atom. The molecule has 1 spiro atoms. The average Bonchev–Trinajstić information content (AvgIpc) is 2.42. The van der Waals surface area contributed by atoms with Crippen LogP contribution >= 0.6 is 22.6 Å². The van der Waals surface area contributed by atoms with Crippen LogP contribution in [0.15, 0.2) is 12.4 Å². The summed E-state index contributed by atoms with van der Waals surface area (Å²) in [5.74, 6) is 0.918. The van der Waals surface area contributed by atoms with E-state index in [0.717, 1.165) is 22.6 Å². The van der Waals surface area contributed by atoms with Crippen LogP contribution in [0.25, 0.3) is 0 Å². The first-order valence-corrected chi connectivity index (χ1v) is 8.08. The molecule has 2 heterocycles. The van der Waals surface area contributed by atoms with Crippen LogP contribution in [-0.2, 0) is 0 Å². The number of hydrogen-bond donors (Lipinski definition) is 0. The van der Waals surface area contributed by atoms with Crippen molar-refractivity contribution in [3.63, 3.8) is 0 Å². The summed E-state index contributed by atoms with van der Waals surface area (Å²) in [5, 5.41) is 0. The SMILES string of the molecule is Ic1cnc(N2CCC3(CCCCC3)CC2)nc1. The largest absolute Gasteiger partial charge is 0.341 e. The van der Waals surface area contributed by atoms with Gasteiger partial charge in [0, 0.05) is 29.1 Å². The van der Waals surface area contributed by atoms with Gasteiger partial charge in [0.25, 0.3) is 0 Å². The Hall–Kier alpha value is -0.390. The molecule has 0 amide bonds. The van der Waals surface area contributed by atoms with Crippen LogP contribution in [-0.4, -0.2) is 23.1 Å². The summed E-state index contributed by atoms with van der Waals surface area (Å²) in [6.45, 7) is 2.28. The summed E-state index contributed by atoms with van der Waals surface area (Å²) < 4.78 is 1.11. The van der Waals surface area contributed by atoms with Crippen LogP contribution in [0.3, 0.4) is 0 Å². The molecule has 3 rings (SSSR count). The van der Waals surface area contributed by atoms with Gasteiger partial charge in [-0.15, -0.1) is 0 Å². The van der Waals surface area contributed by atoms with E-state index in [0.29, 0.717) is 5.41 Å². The van der Waals surface area contributed by atoms with E-state index in [9.17, 15) is 0 Å². The first-order chi connectivity index (χ1) is 8.77. The van der Waals surface area contributed by atoms with E-state index in [1.165, 1.54) is 44.9 Å². The number of hydrogen-bond acceptors (Lipinski definition) is 3. The molecule has 0 atom stereocenters. The van der Waals surface area contributed by atoms with Crippen LogP contribution in [0.4, 0.5) is 5.95 Å².